The monoisotopic (exact) mass is 339 g/mol. The molecule has 0 spiro atoms. The Labute approximate surface area is 146 Å². The second kappa shape index (κ2) is 7.79. The molecule has 1 atom stereocenters. The van der Waals surface area contributed by atoms with E-state index in [0.717, 1.165) is 5.56 Å². The van der Waals surface area contributed by atoms with Gasteiger partial charge in [0.2, 0.25) is 5.91 Å². The van der Waals surface area contributed by atoms with Crippen molar-refractivity contribution in [2.45, 2.75) is 26.0 Å². The molecule has 1 aliphatic rings. The number of nitrogens with zero attached hydrogens (tertiary/aromatic N) is 2. The lowest BCUT2D eigenvalue weighted by Crippen LogP contribution is -2.56. The van der Waals surface area contributed by atoms with Crippen LogP contribution in [0.3, 0.4) is 0 Å². The number of nitrogens with one attached hydrogen (secondary N) is 1. The molecule has 0 bridgehead atoms. The third-order valence-corrected chi connectivity index (χ3v) is 4.19. The molecule has 25 heavy (non-hydrogen) atoms. The second-order valence-electron chi connectivity index (χ2n) is 5.89. The van der Waals surface area contributed by atoms with Gasteiger partial charge in [0.1, 0.15) is 18.4 Å². The lowest BCUT2D eigenvalue weighted by atomic mass is 10.1. The minimum atomic E-state index is -0.416. The predicted octanol–water partition coefficient (Wildman–Crippen LogP) is 2.01. The first-order chi connectivity index (χ1) is 12.2. The van der Waals surface area contributed by atoms with Gasteiger partial charge in [0.05, 0.1) is 0 Å². The van der Waals surface area contributed by atoms with Gasteiger partial charge in [-0.15, -0.1) is 0 Å². The first kappa shape index (κ1) is 17.0. The minimum Gasteiger partial charge on any atom is -0.489 e. The zero-order chi connectivity index (χ0) is 17.6. The third kappa shape index (κ3) is 3.96. The van der Waals surface area contributed by atoms with Gasteiger partial charge in [0, 0.05) is 36.6 Å². The molecule has 1 unspecified atom stereocenters. The average Bonchev–Trinajstić information content (AvgIpc) is 2.66. The summed E-state index contributed by atoms with van der Waals surface area (Å²) in [6.45, 7) is 3.29. The Morgan fingerprint density at radius 2 is 2.24 bits per heavy atom. The molecule has 1 saturated heterocycles. The summed E-state index contributed by atoms with van der Waals surface area (Å²) in [6, 6.07) is 10.4. The van der Waals surface area contributed by atoms with Crippen LogP contribution in [-0.4, -0.2) is 40.8 Å². The van der Waals surface area contributed by atoms with Gasteiger partial charge in [-0.2, -0.15) is 0 Å². The maximum absolute atomic E-state index is 12.8. The fraction of sp³-hybridized carbons (Fsp3) is 0.316. The van der Waals surface area contributed by atoms with Crippen LogP contribution in [0.15, 0.2) is 48.8 Å². The van der Waals surface area contributed by atoms with Crippen LogP contribution in [0.25, 0.3) is 0 Å². The van der Waals surface area contributed by atoms with Crippen molar-refractivity contribution in [3.05, 3.63) is 59.9 Å². The van der Waals surface area contributed by atoms with Crippen LogP contribution in [0, 0.1) is 0 Å². The quantitative estimate of drug-likeness (QED) is 0.904. The van der Waals surface area contributed by atoms with Gasteiger partial charge in [0.15, 0.2) is 0 Å². The van der Waals surface area contributed by atoms with Gasteiger partial charge in [0.25, 0.3) is 5.91 Å². The summed E-state index contributed by atoms with van der Waals surface area (Å²) in [6.07, 6.45) is 4.05. The van der Waals surface area contributed by atoms with Crippen molar-refractivity contribution in [1.29, 1.82) is 0 Å². The van der Waals surface area contributed by atoms with Crippen molar-refractivity contribution >= 4 is 11.8 Å². The Morgan fingerprint density at radius 3 is 3.00 bits per heavy atom. The SMILES string of the molecule is CCC1C(=O)NCCN1C(=O)c1cccc(OCc2cccnc2)c1. The van der Waals surface area contributed by atoms with E-state index in [2.05, 4.69) is 10.3 Å². The van der Waals surface area contributed by atoms with E-state index in [1.165, 1.54) is 0 Å². The molecule has 1 fully saturated rings. The smallest absolute Gasteiger partial charge is 0.254 e. The number of amides is 2. The Balaban J connectivity index is 1.72. The lowest BCUT2D eigenvalue weighted by Gasteiger charge is -2.34. The Morgan fingerprint density at radius 1 is 1.36 bits per heavy atom. The first-order valence-electron chi connectivity index (χ1n) is 8.39. The fourth-order valence-electron chi connectivity index (χ4n) is 2.90. The zero-order valence-electron chi connectivity index (χ0n) is 14.1. The molecule has 6 heteroatoms. The van der Waals surface area contributed by atoms with E-state index in [1.54, 1.807) is 35.5 Å². The van der Waals surface area contributed by atoms with Crippen LogP contribution in [0.2, 0.25) is 0 Å². The van der Waals surface area contributed by atoms with Gasteiger partial charge in [-0.1, -0.05) is 19.1 Å². The second-order valence-corrected chi connectivity index (χ2v) is 5.89. The molecule has 130 valence electrons. The third-order valence-electron chi connectivity index (χ3n) is 4.19. The summed E-state index contributed by atoms with van der Waals surface area (Å²) in [7, 11) is 0. The predicted molar refractivity (Wildman–Crippen MR) is 93.1 cm³/mol. The Kier molecular flexibility index (Phi) is 5.28. The molecule has 1 aromatic carbocycles. The largest absolute Gasteiger partial charge is 0.489 e. The summed E-state index contributed by atoms with van der Waals surface area (Å²) in [5, 5.41) is 2.81. The van der Waals surface area contributed by atoms with E-state index < -0.39 is 6.04 Å². The molecule has 2 heterocycles. The highest BCUT2D eigenvalue weighted by molar-refractivity contribution is 5.98. The summed E-state index contributed by atoms with van der Waals surface area (Å²) < 4.78 is 5.75. The number of piperazine rings is 1. The minimum absolute atomic E-state index is 0.0916. The molecule has 2 aromatic rings. The van der Waals surface area contributed by atoms with Crippen LogP contribution < -0.4 is 10.1 Å². The van der Waals surface area contributed by atoms with E-state index in [1.807, 2.05) is 25.1 Å². The number of hydrogen-bond acceptors (Lipinski definition) is 4. The molecule has 2 amide bonds. The number of pyridine rings is 1. The molecule has 1 aromatic heterocycles. The fourth-order valence-corrected chi connectivity index (χ4v) is 2.90. The van der Waals surface area contributed by atoms with Gasteiger partial charge >= 0.3 is 0 Å². The van der Waals surface area contributed by atoms with Crippen LogP contribution in [0.1, 0.15) is 29.3 Å². The van der Waals surface area contributed by atoms with Crippen molar-refractivity contribution in [3.63, 3.8) is 0 Å². The Hall–Kier alpha value is -2.89. The number of ether oxygens (including phenoxy) is 1. The van der Waals surface area contributed by atoms with Crippen LogP contribution in [-0.2, 0) is 11.4 Å². The zero-order valence-corrected chi connectivity index (χ0v) is 14.1. The highest BCUT2D eigenvalue weighted by atomic mass is 16.5. The van der Waals surface area contributed by atoms with Crippen molar-refractivity contribution in [3.8, 4) is 5.75 Å². The number of hydrogen-bond donors (Lipinski definition) is 1. The van der Waals surface area contributed by atoms with E-state index in [0.29, 0.717) is 37.4 Å². The molecular weight excluding hydrogens is 318 g/mol. The first-order valence-corrected chi connectivity index (χ1v) is 8.39. The number of benzene rings is 1. The van der Waals surface area contributed by atoms with Crippen LogP contribution >= 0.6 is 0 Å². The summed E-state index contributed by atoms with van der Waals surface area (Å²) in [4.78, 5) is 30.5. The molecular formula is C19H21N3O3. The number of carbonyl (C=O) groups excluding carboxylic acids is 2. The van der Waals surface area contributed by atoms with E-state index in [9.17, 15) is 9.59 Å². The highest BCUT2D eigenvalue weighted by Gasteiger charge is 2.32. The molecule has 1 aliphatic heterocycles. The van der Waals surface area contributed by atoms with Gasteiger partial charge in [-0.3, -0.25) is 14.6 Å². The molecule has 0 saturated carbocycles. The number of rotatable bonds is 5. The number of aromatic nitrogens is 1. The van der Waals surface area contributed by atoms with E-state index in [-0.39, 0.29) is 11.8 Å². The molecule has 6 nitrogen and oxygen atoms in total. The van der Waals surface area contributed by atoms with Crippen molar-refractivity contribution < 1.29 is 14.3 Å². The average molecular weight is 339 g/mol. The standard InChI is InChI=1S/C19H21N3O3/c1-2-17-18(23)21-9-10-22(17)19(24)15-6-3-7-16(11-15)25-13-14-5-4-8-20-12-14/h3-8,11-12,17H,2,9-10,13H2,1H3,(H,21,23). The highest BCUT2D eigenvalue weighted by Crippen LogP contribution is 2.19. The van der Waals surface area contributed by atoms with Crippen molar-refractivity contribution in [2.75, 3.05) is 13.1 Å². The van der Waals surface area contributed by atoms with Crippen LogP contribution in [0.4, 0.5) is 0 Å². The van der Waals surface area contributed by atoms with E-state index >= 15 is 0 Å². The van der Waals surface area contributed by atoms with Crippen LogP contribution in [0.5, 0.6) is 5.75 Å². The molecule has 0 radical (unpaired) electrons. The maximum atomic E-state index is 12.8. The van der Waals surface area contributed by atoms with Crippen molar-refractivity contribution in [1.82, 2.24) is 15.2 Å². The van der Waals surface area contributed by atoms with Gasteiger partial charge in [-0.25, -0.2) is 0 Å². The maximum Gasteiger partial charge on any atom is 0.254 e. The Bertz CT molecular complexity index is 749. The topological polar surface area (TPSA) is 71.5 Å². The van der Waals surface area contributed by atoms with Gasteiger partial charge < -0.3 is 15.0 Å². The normalized spacial score (nSPS) is 17.1. The molecule has 0 aliphatic carbocycles. The van der Waals surface area contributed by atoms with Crippen molar-refractivity contribution in [2.24, 2.45) is 0 Å². The number of carbonyl (C=O) groups is 2. The lowest BCUT2D eigenvalue weighted by molar-refractivity contribution is -0.127. The molecule has 1 N–H and O–H groups in total. The summed E-state index contributed by atoms with van der Waals surface area (Å²) in [5.41, 5.74) is 1.48. The van der Waals surface area contributed by atoms with E-state index in [4.69, 9.17) is 4.74 Å². The van der Waals surface area contributed by atoms with Gasteiger partial charge in [-0.05, 0) is 30.7 Å². The summed E-state index contributed by atoms with van der Waals surface area (Å²) in [5.74, 6) is 0.379. The molecule has 3 rings (SSSR count). The summed E-state index contributed by atoms with van der Waals surface area (Å²) >= 11 is 0.